The van der Waals surface area contributed by atoms with Crippen molar-refractivity contribution in [3.8, 4) is 0 Å². The first kappa shape index (κ1) is 12.1. The van der Waals surface area contributed by atoms with Crippen molar-refractivity contribution in [3.05, 3.63) is 47.3 Å². The van der Waals surface area contributed by atoms with Crippen LogP contribution in [0.1, 0.15) is 50.7 Å². The summed E-state index contributed by atoms with van der Waals surface area (Å²) in [5, 5.41) is 2.25. The highest BCUT2D eigenvalue weighted by atomic mass is 19.1. The highest BCUT2D eigenvalue weighted by molar-refractivity contribution is 5.90. The summed E-state index contributed by atoms with van der Waals surface area (Å²) in [6.45, 7) is 8.41. The highest BCUT2D eigenvalue weighted by Crippen LogP contribution is 2.33. The molecule has 0 aliphatic carbocycles. The number of hydrogen-bond donors (Lipinski definition) is 0. The summed E-state index contributed by atoms with van der Waals surface area (Å²) in [6, 6.07) is 9.69. The molecule has 0 aliphatic rings. The first-order valence-electron chi connectivity index (χ1n) is 6.23. The monoisotopic (exact) mass is 230 g/mol. The molecule has 0 radical (unpaired) electrons. The third-order valence-corrected chi connectivity index (χ3v) is 3.26. The Morgan fingerprint density at radius 1 is 0.882 bits per heavy atom. The zero-order valence-electron chi connectivity index (χ0n) is 10.9. The third-order valence-electron chi connectivity index (χ3n) is 3.26. The van der Waals surface area contributed by atoms with E-state index < -0.39 is 0 Å². The molecule has 0 unspecified atom stereocenters. The summed E-state index contributed by atoms with van der Waals surface area (Å²) in [4.78, 5) is 0. The molecule has 17 heavy (non-hydrogen) atoms. The van der Waals surface area contributed by atoms with E-state index in [-0.39, 0.29) is 11.7 Å². The second-order valence-electron chi connectivity index (χ2n) is 5.22. The topological polar surface area (TPSA) is 0 Å². The molecule has 0 aromatic heterocycles. The summed E-state index contributed by atoms with van der Waals surface area (Å²) in [5.41, 5.74) is 2.09. The molecule has 0 bridgehead atoms. The van der Waals surface area contributed by atoms with Gasteiger partial charge in [0.15, 0.2) is 0 Å². The summed E-state index contributed by atoms with van der Waals surface area (Å²) in [6.07, 6.45) is 0. The van der Waals surface area contributed by atoms with E-state index in [4.69, 9.17) is 0 Å². The van der Waals surface area contributed by atoms with Crippen LogP contribution in [0.25, 0.3) is 10.8 Å². The van der Waals surface area contributed by atoms with E-state index >= 15 is 0 Å². The van der Waals surface area contributed by atoms with Gasteiger partial charge in [0.25, 0.3) is 0 Å². The van der Waals surface area contributed by atoms with Gasteiger partial charge in [-0.25, -0.2) is 4.39 Å². The molecule has 0 saturated carbocycles. The lowest BCUT2D eigenvalue weighted by Gasteiger charge is -2.17. The minimum Gasteiger partial charge on any atom is -0.207 e. The minimum atomic E-state index is -0.0828. The molecule has 2 aromatic rings. The molecule has 0 atom stereocenters. The number of halogens is 1. The maximum atomic E-state index is 14.0. The van der Waals surface area contributed by atoms with Gasteiger partial charge in [0.2, 0.25) is 0 Å². The van der Waals surface area contributed by atoms with Gasteiger partial charge in [-0.3, -0.25) is 0 Å². The van der Waals surface area contributed by atoms with E-state index in [0.717, 1.165) is 16.3 Å². The van der Waals surface area contributed by atoms with Crippen molar-refractivity contribution in [2.24, 2.45) is 0 Å². The van der Waals surface area contributed by atoms with E-state index in [1.165, 1.54) is 5.56 Å². The Hall–Kier alpha value is -1.37. The van der Waals surface area contributed by atoms with Crippen molar-refractivity contribution in [2.45, 2.75) is 39.5 Å². The molecule has 0 spiro atoms. The van der Waals surface area contributed by atoms with E-state index in [2.05, 4.69) is 45.9 Å². The molecule has 0 amide bonds. The number of rotatable bonds is 2. The number of benzene rings is 2. The van der Waals surface area contributed by atoms with Crippen molar-refractivity contribution in [3.63, 3.8) is 0 Å². The molecular weight excluding hydrogens is 211 g/mol. The summed E-state index contributed by atoms with van der Waals surface area (Å²) >= 11 is 0. The molecule has 2 aromatic carbocycles. The van der Waals surface area contributed by atoms with E-state index in [1.54, 1.807) is 6.07 Å². The normalized spacial score (nSPS) is 11.7. The Morgan fingerprint density at radius 2 is 1.59 bits per heavy atom. The lowest BCUT2D eigenvalue weighted by molar-refractivity contribution is 0.601. The lowest BCUT2D eigenvalue weighted by atomic mass is 9.88. The molecule has 0 N–H and O–H groups in total. The molecule has 0 aliphatic heterocycles. The second-order valence-corrected chi connectivity index (χ2v) is 5.22. The van der Waals surface area contributed by atoms with Crippen LogP contribution in [0.15, 0.2) is 30.3 Å². The van der Waals surface area contributed by atoms with Crippen molar-refractivity contribution < 1.29 is 4.39 Å². The van der Waals surface area contributed by atoms with Crippen LogP contribution in [0.2, 0.25) is 0 Å². The fourth-order valence-corrected chi connectivity index (χ4v) is 2.46. The Morgan fingerprint density at radius 3 is 2.18 bits per heavy atom. The average Bonchev–Trinajstić information content (AvgIpc) is 2.27. The molecule has 2 rings (SSSR count). The maximum Gasteiger partial charge on any atom is 0.127 e. The highest BCUT2D eigenvalue weighted by Gasteiger charge is 2.15. The largest absolute Gasteiger partial charge is 0.207 e. The first-order chi connectivity index (χ1) is 8.02. The molecule has 0 saturated heterocycles. The fraction of sp³-hybridized carbons (Fsp3) is 0.375. The van der Waals surface area contributed by atoms with Crippen LogP contribution < -0.4 is 0 Å². The van der Waals surface area contributed by atoms with Gasteiger partial charge in [0, 0.05) is 0 Å². The quantitative estimate of drug-likeness (QED) is 0.663. The lowest BCUT2D eigenvalue weighted by Crippen LogP contribution is -1.99. The average molecular weight is 230 g/mol. The molecule has 1 heteroatoms. The smallest absolute Gasteiger partial charge is 0.127 e. The van der Waals surface area contributed by atoms with Gasteiger partial charge >= 0.3 is 0 Å². The van der Waals surface area contributed by atoms with Crippen molar-refractivity contribution in [2.75, 3.05) is 0 Å². The molecular formula is C16H19F. The number of hydrogen-bond acceptors (Lipinski definition) is 0. The van der Waals surface area contributed by atoms with Gasteiger partial charge in [0.1, 0.15) is 5.82 Å². The predicted molar refractivity (Wildman–Crippen MR) is 72.1 cm³/mol. The van der Waals surface area contributed by atoms with Gasteiger partial charge in [0.05, 0.1) is 0 Å². The molecule has 0 fully saturated rings. The zero-order valence-corrected chi connectivity index (χ0v) is 10.9. The Bertz CT molecular complexity index is 538. The van der Waals surface area contributed by atoms with Crippen LogP contribution in [0.5, 0.6) is 0 Å². The van der Waals surface area contributed by atoms with Crippen LogP contribution in [-0.4, -0.2) is 0 Å². The molecule has 0 heterocycles. The van der Waals surface area contributed by atoms with Gasteiger partial charge in [-0.2, -0.15) is 0 Å². The van der Waals surface area contributed by atoms with Gasteiger partial charge in [-0.15, -0.1) is 0 Å². The van der Waals surface area contributed by atoms with E-state index in [9.17, 15) is 4.39 Å². The zero-order chi connectivity index (χ0) is 12.6. The van der Waals surface area contributed by atoms with Gasteiger partial charge in [-0.1, -0.05) is 52.0 Å². The fourth-order valence-electron chi connectivity index (χ4n) is 2.46. The van der Waals surface area contributed by atoms with Crippen LogP contribution in [0.3, 0.4) is 0 Å². The Balaban J connectivity index is 2.89. The molecule has 0 nitrogen and oxygen atoms in total. The van der Waals surface area contributed by atoms with E-state index in [1.807, 2.05) is 6.07 Å². The maximum absolute atomic E-state index is 14.0. The Labute approximate surface area is 102 Å². The van der Waals surface area contributed by atoms with E-state index in [0.29, 0.717) is 5.92 Å². The van der Waals surface area contributed by atoms with Gasteiger partial charge in [-0.05, 0) is 39.8 Å². The van der Waals surface area contributed by atoms with Crippen molar-refractivity contribution in [1.29, 1.82) is 0 Å². The minimum absolute atomic E-state index is 0.0828. The Kier molecular flexibility index (Phi) is 3.19. The second kappa shape index (κ2) is 4.48. The SMILES string of the molecule is CC(C)c1cccc2ccc(F)c(C(C)C)c12. The third kappa shape index (κ3) is 2.06. The standard InChI is InChI=1S/C16H19F/c1-10(2)13-7-5-6-12-8-9-14(17)15(11(3)4)16(12)13/h5-11H,1-4H3. The summed E-state index contributed by atoms with van der Waals surface area (Å²) < 4.78 is 14.0. The summed E-state index contributed by atoms with van der Waals surface area (Å²) in [7, 11) is 0. The van der Waals surface area contributed by atoms with Crippen molar-refractivity contribution in [1.82, 2.24) is 0 Å². The number of fused-ring (bicyclic) bond motifs is 1. The molecule has 90 valence electrons. The predicted octanol–water partition coefficient (Wildman–Crippen LogP) is 5.23. The first-order valence-corrected chi connectivity index (χ1v) is 6.23. The van der Waals surface area contributed by atoms with Crippen molar-refractivity contribution >= 4 is 10.8 Å². The van der Waals surface area contributed by atoms with Gasteiger partial charge < -0.3 is 0 Å². The summed E-state index contributed by atoms with van der Waals surface area (Å²) in [5.74, 6) is 0.539. The van der Waals surface area contributed by atoms with Crippen LogP contribution >= 0.6 is 0 Å². The van der Waals surface area contributed by atoms with Crippen LogP contribution in [0.4, 0.5) is 4.39 Å². The van der Waals surface area contributed by atoms with Crippen LogP contribution in [-0.2, 0) is 0 Å². The van der Waals surface area contributed by atoms with Crippen LogP contribution in [0, 0.1) is 5.82 Å².